The molecule has 9 nitrogen and oxygen atoms in total. The molecule has 0 bridgehead atoms. The van der Waals surface area contributed by atoms with Crippen LogP contribution in [0.1, 0.15) is 17.9 Å². The van der Waals surface area contributed by atoms with Gasteiger partial charge in [-0.1, -0.05) is 23.9 Å². The Balaban J connectivity index is 1.21. The lowest BCUT2D eigenvalue weighted by Gasteiger charge is -2.37. The predicted molar refractivity (Wildman–Crippen MR) is 116 cm³/mol. The number of ether oxygens (including phenoxy) is 1. The lowest BCUT2D eigenvalue weighted by Crippen LogP contribution is -2.52. The predicted octanol–water partition coefficient (Wildman–Crippen LogP) is 1.09. The standard InChI is InChI=1S/C20H26N4O5S2/c1-28-17-4-2-15(3-5-17)12-18-21-22-20(29-18)30-13-19(25)24-9-7-23(8-10-24)16-6-11-31(26,27)14-16/h2-5,16H,6-14H2,1H3. The number of rotatable bonds is 7. The number of carbonyl (C=O) groups excluding carboxylic acids is 1. The first kappa shape index (κ1) is 22.1. The third-order valence-corrected chi connectivity index (χ3v) is 8.23. The van der Waals surface area contributed by atoms with Crippen LogP contribution in [0.4, 0.5) is 0 Å². The molecule has 11 heteroatoms. The number of hydrogen-bond donors (Lipinski definition) is 0. The van der Waals surface area contributed by atoms with Crippen molar-refractivity contribution in [1.29, 1.82) is 0 Å². The zero-order valence-electron chi connectivity index (χ0n) is 17.4. The second-order valence-corrected chi connectivity index (χ2v) is 10.9. The molecule has 1 amide bonds. The Kier molecular flexibility index (Phi) is 6.83. The summed E-state index contributed by atoms with van der Waals surface area (Å²) in [4.78, 5) is 16.6. The van der Waals surface area contributed by atoms with Crippen molar-refractivity contribution in [3.05, 3.63) is 35.7 Å². The molecule has 4 rings (SSSR count). The monoisotopic (exact) mass is 466 g/mol. The molecule has 0 saturated carbocycles. The summed E-state index contributed by atoms with van der Waals surface area (Å²) in [5.74, 6) is 2.07. The largest absolute Gasteiger partial charge is 0.497 e. The van der Waals surface area contributed by atoms with Gasteiger partial charge in [0.05, 0.1) is 30.8 Å². The smallest absolute Gasteiger partial charge is 0.277 e. The van der Waals surface area contributed by atoms with E-state index < -0.39 is 9.84 Å². The van der Waals surface area contributed by atoms with Crippen molar-refractivity contribution in [2.75, 3.05) is 50.5 Å². The fourth-order valence-corrected chi connectivity index (χ4v) is 6.35. The van der Waals surface area contributed by atoms with Gasteiger partial charge >= 0.3 is 0 Å². The van der Waals surface area contributed by atoms with Gasteiger partial charge in [0.2, 0.25) is 11.8 Å². The molecule has 2 saturated heterocycles. The van der Waals surface area contributed by atoms with Crippen molar-refractivity contribution in [2.45, 2.75) is 24.1 Å². The molecule has 1 atom stereocenters. The first-order valence-electron chi connectivity index (χ1n) is 10.2. The van der Waals surface area contributed by atoms with Gasteiger partial charge in [-0.3, -0.25) is 9.69 Å². The summed E-state index contributed by atoms with van der Waals surface area (Å²) in [6.07, 6.45) is 1.21. The minimum Gasteiger partial charge on any atom is -0.497 e. The Morgan fingerprint density at radius 2 is 1.94 bits per heavy atom. The van der Waals surface area contributed by atoms with Crippen LogP contribution in [-0.4, -0.2) is 90.9 Å². The molecular formula is C20H26N4O5S2. The van der Waals surface area contributed by atoms with E-state index >= 15 is 0 Å². The molecule has 0 spiro atoms. The number of hydrogen-bond acceptors (Lipinski definition) is 9. The van der Waals surface area contributed by atoms with Crippen LogP contribution in [0.5, 0.6) is 5.75 Å². The summed E-state index contributed by atoms with van der Waals surface area (Å²) in [7, 11) is -1.26. The summed E-state index contributed by atoms with van der Waals surface area (Å²) in [6.45, 7) is 2.65. The molecule has 1 unspecified atom stereocenters. The first-order valence-corrected chi connectivity index (χ1v) is 13.0. The molecule has 2 aromatic rings. The second-order valence-electron chi connectivity index (χ2n) is 7.75. The van der Waals surface area contributed by atoms with E-state index in [4.69, 9.17) is 9.15 Å². The average Bonchev–Trinajstić information content (AvgIpc) is 3.38. The van der Waals surface area contributed by atoms with Gasteiger partial charge < -0.3 is 14.1 Å². The van der Waals surface area contributed by atoms with Crippen molar-refractivity contribution in [2.24, 2.45) is 0 Å². The molecule has 3 heterocycles. The van der Waals surface area contributed by atoms with Crippen molar-refractivity contribution < 1.29 is 22.4 Å². The fourth-order valence-electron chi connectivity index (χ4n) is 3.90. The maximum atomic E-state index is 12.5. The average molecular weight is 467 g/mol. The maximum absolute atomic E-state index is 12.5. The van der Waals surface area contributed by atoms with Gasteiger partial charge in [0, 0.05) is 32.2 Å². The lowest BCUT2D eigenvalue weighted by molar-refractivity contribution is -0.130. The zero-order valence-corrected chi connectivity index (χ0v) is 19.0. The number of benzene rings is 1. The summed E-state index contributed by atoms with van der Waals surface area (Å²) < 4.78 is 34.2. The van der Waals surface area contributed by atoms with Gasteiger partial charge in [-0.15, -0.1) is 10.2 Å². The topological polar surface area (TPSA) is 106 Å². The van der Waals surface area contributed by atoms with Crippen LogP contribution in [0.2, 0.25) is 0 Å². The van der Waals surface area contributed by atoms with Crippen molar-refractivity contribution in [3.8, 4) is 5.75 Å². The van der Waals surface area contributed by atoms with Crippen LogP contribution >= 0.6 is 11.8 Å². The molecule has 0 radical (unpaired) electrons. The normalized spacial score (nSPS) is 21.3. The highest BCUT2D eigenvalue weighted by atomic mass is 32.2. The molecule has 0 aliphatic carbocycles. The van der Waals surface area contributed by atoms with E-state index in [0.717, 1.165) is 11.3 Å². The van der Waals surface area contributed by atoms with Crippen LogP contribution in [0, 0.1) is 0 Å². The number of amides is 1. The van der Waals surface area contributed by atoms with Gasteiger partial charge in [-0.05, 0) is 24.1 Å². The van der Waals surface area contributed by atoms with Crippen LogP contribution in [0.3, 0.4) is 0 Å². The second kappa shape index (κ2) is 9.58. The van der Waals surface area contributed by atoms with E-state index in [-0.39, 0.29) is 29.2 Å². The molecule has 31 heavy (non-hydrogen) atoms. The Labute approximate surface area is 186 Å². The summed E-state index contributed by atoms with van der Waals surface area (Å²) in [5.41, 5.74) is 1.03. The van der Waals surface area contributed by atoms with E-state index in [1.54, 1.807) is 7.11 Å². The molecule has 2 aliphatic heterocycles. The van der Waals surface area contributed by atoms with E-state index in [2.05, 4.69) is 15.1 Å². The highest BCUT2D eigenvalue weighted by Crippen LogP contribution is 2.22. The quantitative estimate of drug-likeness (QED) is 0.554. The van der Waals surface area contributed by atoms with Gasteiger partial charge in [0.25, 0.3) is 5.22 Å². The number of methoxy groups -OCH3 is 1. The Hall–Kier alpha value is -2.11. The van der Waals surface area contributed by atoms with Crippen LogP contribution in [0.15, 0.2) is 33.9 Å². The van der Waals surface area contributed by atoms with Crippen molar-refractivity contribution >= 4 is 27.5 Å². The van der Waals surface area contributed by atoms with Gasteiger partial charge in [0.15, 0.2) is 9.84 Å². The minimum atomic E-state index is -2.89. The number of thioether (sulfide) groups is 1. The summed E-state index contributed by atoms with van der Waals surface area (Å²) >= 11 is 1.24. The van der Waals surface area contributed by atoms with Crippen molar-refractivity contribution in [3.63, 3.8) is 0 Å². The first-order chi connectivity index (χ1) is 14.9. The minimum absolute atomic E-state index is 0.0265. The van der Waals surface area contributed by atoms with E-state index in [1.165, 1.54) is 11.8 Å². The number of piperazine rings is 1. The highest BCUT2D eigenvalue weighted by molar-refractivity contribution is 7.99. The highest BCUT2D eigenvalue weighted by Gasteiger charge is 2.34. The Morgan fingerprint density at radius 1 is 1.19 bits per heavy atom. The van der Waals surface area contributed by atoms with E-state index in [1.807, 2.05) is 29.2 Å². The van der Waals surface area contributed by atoms with E-state index in [0.29, 0.717) is 50.1 Å². The SMILES string of the molecule is COc1ccc(Cc2nnc(SCC(=O)N3CCN(C4CCS(=O)(=O)C4)CC3)o2)cc1. The van der Waals surface area contributed by atoms with E-state index in [9.17, 15) is 13.2 Å². The summed E-state index contributed by atoms with van der Waals surface area (Å²) in [5, 5.41) is 8.47. The number of carbonyl (C=O) groups is 1. The van der Waals surface area contributed by atoms with Gasteiger partial charge in [-0.25, -0.2) is 8.42 Å². The number of nitrogens with zero attached hydrogens (tertiary/aromatic N) is 4. The maximum Gasteiger partial charge on any atom is 0.277 e. The third-order valence-electron chi connectivity index (χ3n) is 5.67. The Bertz CT molecular complexity index is 1000. The van der Waals surface area contributed by atoms with Gasteiger partial charge in [0.1, 0.15) is 5.75 Å². The van der Waals surface area contributed by atoms with Crippen LogP contribution in [-0.2, 0) is 21.1 Å². The molecule has 168 valence electrons. The molecule has 2 fully saturated rings. The zero-order chi connectivity index (χ0) is 21.8. The number of aromatic nitrogens is 2. The molecule has 1 aromatic carbocycles. The lowest BCUT2D eigenvalue weighted by atomic mass is 10.1. The molecular weight excluding hydrogens is 440 g/mol. The van der Waals surface area contributed by atoms with Crippen LogP contribution < -0.4 is 4.74 Å². The fraction of sp³-hybridized carbons (Fsp3) is 0.550. The van der Waals surface area contributed by atoms with Crippen molar-refractivity contribution in [1.82, 2.24) is 20.0 Å². The van der Waals surface area contributed by atoms with Gasteiger partial charge in [-0.2, -0.15) is 0 Å². The third kappa shape index (κ3) is 5.78. The summed E-state index contributed by atoms with van der Waals surface area (Å²) in [6, 6.07) is 7.75. The number of sulfone groups is 1. The van der Waals surface area contributed by atoms with Crippen LogP contribution in [0.25, 0.3) is 0 Å². The molecule has 0 N–H and O–H groups in total. The molecule has 1 aromatic heterocycles. The molecule has 2 aliphatic rings. The Morgan fingerprint density at radius 3 is 2.58 bits per heavy atom.